The second-order valence-electron chi connectivity index (χ2n) is 17.7. The SMILES string of the molecule is c1ccc2c(c1)Nc1cccc(-n3c4ccccc4c4ccc5c6ccccc6n(-c6nc(-c7cc8ccccc8c8ccccc78)nc(-c7cc8ccccc8c8ccccc78)n6)c5c43)c1N2. The summed E-state index contributed by atoms with van der Waals surface area (Å²) >= 11 is 0. The van der Waals surface area contributed by atoms with E-state index in [1.54, 1.807) is 0 Å². The predicted octanol–water partition coefficient (Wildman–Crippen LogP) is 15.8. The van der Waals surface area contributed by atoms with Crippen molar-refractivity contribution in [2.45, 2.75) is 0 Å². The van der Waals surface area contributed by atoms with Crippen molar-refractivity contribution in [2.24, 2.45) is 0 Å². The van der Waals surface area contributed by atoms with Crippen LogP contribution in [0.3, 0.4) is 0 Å². The van der Waals surface area contributed by atoms with Crippen LogP contribution < -0.4 is 10.6 Å². The summed E-state index contributed by atoms with van der Waals surface area (Å²) in [7, 11) is 0. The molecule has 0 spiro atoms. The third kappa shape index (κ3) is 5.26. The van der Waals surface area contributed by atoms with E-state index < -0.39 is 0 Å². The molecule has 7 nitrogen and oxygen atoms in total. The molecule has 0 bridgehead atoms. The number of rotatable bonds is 4. The first kappa shape index (κ1) is 36.9. The molecular formula is C61H37N7. The molecule has 0 saturated heterocycles. The van der Waals surface area contributed by atoms with Crippen LogP contribution in [0.4, 0.5) is 22.7 Å². The Morgan fingerprint density at radius 2 is 0.750 bits per heavy atom. The highest BCUT2D eigenvalue weighted by molar-refractivity contribution is 6.24. The molecule has 11 aromatic carbocycles. The Bertz CT molecular complexity index is 4330. The molecule has 0 saturated carbocycles. The van der Waals surface area contributed by atoms with E-state index in [1.807, 2.05) is 0 Å². The van der Waals surface area contributed by atoms with Gasteiger partial charge in [-0.3, -0.25) is 4.57 Å². The van der Waals surface area contributed by atoms with Crippen molar-refractivity contribution in [1.82, 2.24) is 24.1 Å². The van der Waals surface area contributed by atoms with E-state index in [0.29, 0.717) is 17.6 Å². The minimum absolute atomic E-state index is 0.541. The zero-order chi connectivity index (χ0) is 44.5. The molecule has 0 aliphatic carbocycles. The number of nitrogens with one attached hydrogen (secondary N) is 2. The Morgan fingerprint density at radius 3 is 1.34 bits per heavy atom. The molecule has 0 amide bonds. The maximum absolute atomic E-state index is 5.64. The van der Waals surface area contributed by atoms with E-state index in [9.17, 15) is 0 Å². The third-order valence-electron chi connectivity index (χ3n) is 14.0. The fourth-order valence-corrected chi connectivity index (χ4v) is 11.1. The molecule has 14 aromatic rings. The normalized spacial score (nSPS) is 12.4. The summed E-state index contributed by atoms with van der Waals surface area (Å²) in [5, 5.41) is 21.2. The van der Waals surface area contributed by atoms with Crippen molar-refractivity contribution in [2.75, 3.05) is 10.6 Å². The van der Waals surface area contributed by atoms with Gasteiger partial charge in [-0.15, -0.1) is 0 Å². The monoisotopic (exact) mass is 867 g/mol. The molecule has 7 heteroatoms. The minimum atomic E-state index is 0.541. The molecule has 1 aliphatic heterocycles. The molecule has 68 heavy (non-hydrogen) atoms. The lowest BCUT2D eigenvalue weighted by Gasteiger charge is -2.26. The van der Waals surface area contributed by atoms with E-state index in [-0.39, 0.29) is 0 Å². The van der Waals surface area contributed by atoms with Crippen LogP contribution in [0.1, 0.15) is 0 Å². The van der Waals surface area contributed by atoms with E-state index in [1.165, 1.54) is 10.8 Å². The van der Waals surface area contributed by atoms with Crippen LogP contribution in [0.15, 0.2) is 212 Å². The van der Waals surface area contributed by atoms with Crippen molar-refractivity contribution >= 4 is 109 Å². The van der Waals surface area contributed by atoms with Gasteiger partial charge in [0.15, 0.2) is 11.6 Å². The van der Waals surface area contributed by atoms with Gasteiger partial charge in [0.25, 0.3) is 0 Å². The number of anilines is 4. The number of aromatic nitrogens is 5. The van der Waals surface area contributed by atoms with Crippen molar-refractivity contribution < 1.29 is 0 Å². The van der Waals surface area contributed by atoms with E-state index in [2.05, 4.69) is 232 Å². The van der Waals surface area contributed by atoms with E-state index >= 15 is 0 Å². The van der Waals surface area contributed by atoms with Crippen molar-refractivity contribution in [3.05, 3.63) is 212 Å². The molecule has 0 radical (unpaired) electrons. The maximum atomic E-state index is 5.64. The van der Waals surface area contributed by atoms with Crippen LogP contribution in [0.5, 0.6) is 0 Å². The van der Waals surface area contributed by atoms with Gasteiger partial charge in [0, 0.05) is 32.7 Å². The lowest BCUT2D eigenvalue weighted by atomic mass is 9.96. The molecule has 0 unspecified atom stereocenters. The third-order valence-corrected chi connectivity index (χ3v) is 14.0. The summed E-state index contributed by atoms with van der Waals surface area (Å²) in [6, 6.07) is 75.7. The van der Waals surface area contributed by atoms with Gasteiger partial charge in [-0.25, -0.2) is 4.98 Å². The standard InChI is InChI=1S/C61H37N7/c1-3-18-38-36(16-1)34-48(42-22-7-5-20-40(38)42)59-64-60(49-35-37-17-2-4-19-39(37)41-21-6-8-23-43(41)49)66-61(65-59)68-54-30-14-10-25-45(54)47-33-32-46-44-24-9-13-29-53(44)67(57(46)58(47)68)55-31-15-28-52-56(55)63-51-27-12-11-26-50(51)62-52/h1-35,62-63H. The van der Waals surface area contributed by atoms with Gasteiger partial charge >= 0.3 is 0 Å². The molecule has 0 atom stereocenters. The van der Waals surface area contributed by atoms with Gasteiger partial charge in [-0.05, 0) is 91.6 Å². The first-order chi connectivity index (χ1) is 33.7. The predicted molar refractivity (Wildman–Crippen MR) is 282 cm³/mol. The second-order valence-corrected chi connectivity index (χ2v) is 17.7. The highest BCUT2D eigenvalue weighted by Crippen LogP contribution is 2.47. The summed E-state index contributed by atoms with van der Waals surface area (Å²) in [4.78, 5) is 16.8. The highest BCUT2D eigenvalue weighted by Gasteiger charge is 2.27. The van der Waals surface area contributed by atoms with Gasteiger partial charge in [-0.2, -0.15) is 9.97 Å². The fourth-order valence-electron chi connectivity index (χ4n) is 11.1. The average Bonchev–Trinajstić information content (AvgIpc) is 3.92. The molecule has 0 fully saturated rings. The Labute approximate surface area is 389 Å². The molecule has 316 valence electrons. The lowest BCUT2D eigenvalue weighted by Crippen LogP contribution is -2.10. The van der Waals surface area contributed by atoms with Crippen molar-refractivity contribution in [1.29, 1.82) is 0 Å². The first-order valence-electron chi connectivity index (χ1n) is 23.0. The number of fused-ring (bicyclic) bond motifs is 15. The van der Waals surface area contributed by atoms with E-state index in [0.717, 1.165) is 115 Å². The second kappa shape index (κ2) is 14.1. The molecular weight excluding hydrogens is 831 g/mol. The smallest absolute Gasteiger partial charge is 0.238 e. The van der Waals surface area contributed by atoms with Gasteiger partial charge in [-0.1, -0.05) is 164 Å². The van der Waals surface area contributed by atoms with Crippen LogP contribution >= 0.6 is 0 Å². The largest absolute Gasteiger partial charge is 0.352 e. The van der Waals surface area contributed by atoms with Crippen LogP contribution in [-0.4, -0.2) is 24.1 Å². The van der Waals surface area contributed by atoms with Crippen LogP contribution in [0.25, 0.3) is 121 Å². The Hall–Kier alpha value is -9.33. The molecule has 1 aliphatic rings. The van der Waals surface area contributed by atoms with E-state index in [4.69, 9.17) is 15.0 Å². The number of nitrogens with zero attached hydrogens (tertiary/aromatic N) is 5. The number of hydrogen-bond acceptors (Lipinski definition) is 5. The minimum Gasteiger partial charge on any atom is -0.352 e. The molecule has 4 heterocycles. The number of benzene rings is 11. The molecule has 2 N–H and O–H groups in total. The van der Waals surface area contributed by atoms with Crippen LogP contribution in [-0.2, 0) is 0 Å². The molecule has 15 rings (SSSR count). The first-order valence-corrected chi connectivity index (χ1v) is 23.0. The number of para-hydroxylation sites is 5. The summed E-state index contributed by atoms with van der Waals surface area (Å²) in [5.41, 5.74) is 11.2. The fraction of sp³-hybridized carbons (Fsp3) is 0. The summed E-state index contributed by atoms with van der Waals surface area (Å²) in [6.07, 6.45) is 0. The topological polar surface area (TPSA) is 72.6 Å². The van der Waals surface area contributed by atoms with Crippen LogP contribution in [0.2, 0.25) is 0 Å². The maximum Gasteiger partial charge on any atom is 0.238 e. The average molecular weight is 868 g/mol. The summed E-state index contributed by atoms with van der Waals surface area (Å²) in [6.45, 7) is 0. The summed E-state index contributed by atoms with van der Waals surface area (Å²) in [5.74, 6) is 1.75. The molecule has 3 aromatic heterocycles. The lowest BCUT2D eigenvalue weighted by molar-refractivity contribution is 0.955. The van der Waals surface area contributed by atoms with Crippen LogP contribution in [0, 0.1) is 0 Å². The van der Waals surface area contributed by atoms with Gasteiger partial charge < -0.3 is 15.2 Å². The Balaban J connectivity index is 1.10. The zero-order valence-electron chi connectivity index (χ0n) is 36.4. The number of hydrogen-bond donors (Lipinski definition) is 2. The summed E-state index contributed by atoms with van der Waals surface area (Å²) < 4.78 is 4.72. The van der Waals surface area contributed by atoms with Crippen molar-refractivity contribution in [3.8, 4) is 34.4 Å². The zero-order valence-corrected chi connectivity index (χ0v) is 36.4. The van der Waals surface area contributed by atoms with Gasteiger partial charge in [0.1, 0.15) is 0 Å². The van der Waals surface area contributed by atoms with Gasteiger partial charge in [0.05, 0.1) is 50.5 Å². The Kier molecular flexibility index (Phi) is 7.65. The Morgan fingerprint density at radius 1 is 0.309 bits per heavy atom. The quantitative estimate of drug-likeness (QED) is 0.172. The van der Waals surface area contributed by atoms with Crippen molar-refractivity contribution in [3.63, 3.8) is 0 Å². The van der Waals surface area contributed by atoms with Gasteiger partial charge in [0.2, 0.25) is 5.95 Å². The highest BCUT2D eigenvalue weighted by atomic mass is 15.2.